The quantitative estimate of drug-likeness (QED) is 0.659. The SMILES string of the molecule is CC(C)C1CCCN(c2cc(Br)ccc2CCl)CC1. The molecule has 0 radical (unpaired) electrons. The third-order valence-corrected chi connectivity index (χ3v) is 5.03. The summed E-state index contributed by atoms with van der Waals surface area (Å²) in [5.41, 5.74) is 2.56. The van der Waals surface area contributed by atoms with Crippen LogP contribution in [0.2, 0.25) is 0 Å². The number of hydrogen-bond acceptors (Lipinski definition) is 1. The van der Waals surface area contributed by atoms with Crippen LogP contribution in [0.5, 0.6) is 0 Å². The Balaban J connectivity index is 2.16. The number of alkyl halides is 1. The standard InChI is InChI=1S/C16H23BrClN/c1-12(2)13-4-3-8-19(9-7-13)16-10-15(17)6-5-14(16)11-18/h5-6,10,12-13H,3-4,7-9,11H2,1-2H3. The average molecular weight is 345 g/mol. The third-order valence-electron chi connectivity index (χ3n) is 4.25. The van der Waals surface area contributed by atoms with Gasteiger partial charge in [0.2, 0.25) is 0 Å². The van der Waals surface area contributed by atoms with Crippen molar-refractivity contribution in [2.75, 3.05) is 18.0 Å². The van der Waals surface area contributed by atoms with Crippen molar-refractivity contribution in [2.45, 2.75) is 39.0 Å². The maximum absolute atomic E-state index is 6.08. The Morgan fingerprint density at radius 3 is 2.79 bits per heavy atom. The first-order valence-electron chi connectivity index (χ1n) is 7.21. The molecule has 0 spiro atoms. The van der Waals surface area contributed by atoms with Crippen molar-refractivity contribution in [3.8, 4) is 0 Å². The lowest BCUT2D eigenvalue weighted by molar-refractivity contribution is 0.351. The summed E-state index contributed by atoms with van der Waals surface area (Å²) < 4.78 is 1.14. The minimum Gasteiger partial charge on any atom is -0.371 e. The van der Waals surface area contributed by atoms with Gasteiger partial charge in [0.05, 0.1) is 0 Å². The molecule has 0 bridgehead atoms. The highest BCUT2D eigenvalue weighted by Crippen LogP contribution is 2.31. The molecule has 106 valence electrons. The topological polar surface area (TPSA) is 3.24 Å². The van der Waals surface area contributed by atoms with Gasteiger partial charge in [0.1, 0.15) is 0 Å². The molecule has 1 aliphatic heterocycles. The minimum atomic E-state index is 0.590. The summed E-state index contributed by atoms with van der Waals surface area (Å²) >= 11 is 9.66. The van der Waals surface area contributed by atoms with Gasteiger partial charge < -0.3 is 4.90 Å². The largest absolute Gasteiger partial charge is 0.371 e. The highest BCUT2D eigenvalue weighted by molar-refractivity contribution is 9.10. The van der Waals surface area contributed by atoms with Gasteiger partial charge in [0, 0.05) is 29.1 Å². The van der Waals surface area contributed by atoms with Crippen molar-refractivity contribution < 1.29 is 0 Å². The number of nitrogens with zero attached hydrogens (tertiary/aromatic N) is 1. The van der Waals surface area contributed by atoms with Gasteiger partial charge in [-0.1, -0.05) is 35.8 Å². The van der Waals surface area contributed by atoms with Gasteiger partial charge >= 0.3 is 0 Å². The number of halogens is 2. The molecule has 1 atom stereocenters. The Morgan fingerprint density at radius 2 is 2.11 bits per heavy atom. The van der Waals surface area contributed by atoms with Gasteiger partial charge in [-0.15, -0.1) is 11.6 Å². The van der Waals surface area contributed by atoms with Gasteiger partial charge in [0.15, 0.2) is 0 Å². The van der Waals surface area contributed by atoms with E-state index in [2.05, 4.69) is 52.9 Å². The molecule has 0 aromatic heterocycles. The molecule has 0 saturated carbocycles. The summed E-state index contributed by atoms with van der Waals surface area (Å²) in [6.45, 7) is 7.01. The predicted molar refractivity (Wildman–Crippen MR) is 88.1 cm³/mol. The summed E-state index contributed by atoms with van der Waals surface area (Å²) in [4.78, 5) is 2.52. The van der Waals surface area contributed by atoms with E-state index in [1.807, 2.05) is 0 Å². The fourth-order valence-corrected chi connectivity index (χ4v) is 3.55. The van der Waals surface area contributed by atoms with Crippen LogP contribution in [0.15, 0.2) is 22.7 Å². The smallest absolute Gasteiger partial charge is 0.0494 e. The lowest BCUT2D eigenvalue weighted by Gasteiger charge is -2.26. The predicted octanol–water partition coefficient (Wildman–Crippen LogP) is 5.45. The molecule has 0 N–H and O–H groups in total. The summed E-state index contributed by atoms with van der Waals surface area (Å²) in [5, 5.41) is 0. The van der Waals surface area contributed by atoms with E-state index in [9.17, 15) is 0 Å². The zero-order valence-electron chi connectivity index (χ0n) is 11.8. The molecule has 1 heterocycles. The van der Waals surface area contributed by atoms with Gasteiger partial charge in [-0.05, 0) is 48.8 Å². The molecular formula is C16H23BrClN. The maximum Gasteiger partial charge on any atom is 0.0494 e. The van der Waals surface area contributed by atoms with Gasteiger partial charge in [-0.2, -0.15) is 0 Å². The van der Waals surface area contributed by atoms with E-state index in [-0.39, 0.29) is 0 Å². The van der Waals surface area contributed by atoms with Crippen LogP contribution in [0.3, 0.4) is 0 Å². The first-order valence-corrected chi connectivity index (χ1v) is 8.54. The van der Waals surface area contributed by atoms with E-state index in [1.54, 1.807) is 0 Å². The van der Waals surface area contributed by atoms with Crippen LogP contribution in [0, 0.1) is 11.8 Å². The van der Waals surface area contributed by atoms with Crippen LogP contribution < -0.4 is 4.90 Å². The molecule has 1 fully saturated rings. The number of hydrogen-bond donors (Lipinski definition) is 0. The van der Waals surface area contributed by atoms with Crippen molar-refractivity contribution >= 4 is 33.2 Å². The highest BCUT2D eigenvalue weighted by Gasteiger charge is 2.20. The summed E-state index contributed by atoms with van der Waals surface area (Å²) in [6, 6.07) is 6.43. The van der Waals surface area contributed by atoms with Crippen LogP contribution >= 0.6 is 27.5 Å². The molecule has 1 aromatic rings. The van der Waals surface area contributed by atoms with E-state index in [0.717, 1.165) is 29.4 Å². The van der Waals surface area contributed by atoms with E-state index < -0.39 is 0 Å². The molecule has 1 unspecified atom stereocenters. The monoisotopic (exact) mass is 343 g/mol. The molecule has 2 rings (SSSR count). The Labute approximate surface area is 130 Å². The number of benzene rings is 1. The summed E-state index contributed by atoms with van der Waals surface area (Å²) in [6.07, 6.45) is 3.95. The Morgan fingerprint density at radius 1 is 1.32 bits per heavy atom. The molecule has 1 saturated heterocycles. The Bertz CT molecular complexity index is 419. The van der Waals surface area contributed by atoms with E-state index >= 15 is 0 Å². The normalized spacial score (nSPS) is 20.7. The highest BCUT2D eigenvalue weighted by atomic mass is 79.9. The third kappa shape index (κ3) is 3.88. The first kappa shape index (κ1) is 15.2. The fourth-order valence-electron chi connectivity index (χ4n) is 2.97. The van der Waals surface area contributed by atoms with Gasteiger partial charge in [-0.25, -0.2) is 0 Å². The molecule has 19 heavy (non-hydrogen) atoms. The van der Waals surface area contributed by atoms with Crippen LogP contribution in [0.25, 0.3) is 0 Å². The zero-order valence-corrected chi connectivity index (χ0v) is 14.2. The van der Waals surface area contributed by atoms with Gasteiger partial charge in [-0.3, -0.25) is 0 Å². The molecule has 3 heteroatoms. The van der Waals surface area contributed by atoms with Crippen molar-refractivity contribution in [3.63, 3.8) is 0 Å². The lowest BCUT2D eigenvalue weighted by atomic mass is 9.89. The molecule has 1 aromatic carbocycles. The fraction of sp³-hybridized carbons (Fsp3) is 0.625. The second-order valence-electron chi connectivity index (χ2n) is 5.83. The summed E-state index contributed by atoms with van der Waals surface area (Å²) in [7, 11) is 0. The Hall–Kier alpha value is -0.210. The molecule has 0 amide bonds. The summed E-state index contributed by atoms with van der Waals surface area (Å²) in [5.74, 6) is 2.26. The average Bonchev–Trinajstić information content (AvgIpc) is 2.64. The molecule has 1 nitrogen and oxygen atoms in total. The molecule has 0 aliphatic carbocycles. The second kappa shape index (κ2) is 6.99. The zero-order chi connectivity index (χ0) is 13.8. The van der Waals surface area contributed by atoms with Crippen molar-refractivity contribution in [3.05, 3.63) is 28.2 Å². The van der Waals surface area contributed by atoms with Crippen molar-refractivity contribution in [1.29, 1.82) is 0 Å². The first-order chi connectivity index (χ1) is 9.11. The molecule has 1 aliphatic rings. The van der Waals surface area contributed by atoms with E-state index in [0.29, 0.717) is 5.88 Å². The van der Waals surface area contributed by atoms with E-state index in [4.69, 9.17) is 11.6 Å². The van der Waals surface area contributed by atoms with E-state index in [1.165, 1.54) is 30.5 Å². The van der Waals surface area contributed by atoms with Crippen LogP contribution in [0.1, 0.15) is 38.7 Å². The van der Waals surface area contributed by atoms with Crippen LogP contribution in [-0.2, 0) is 5.88 Å². The second-order valence-corrected chi connectivity index (χ2v) is 7.01. The Kier molecular flexibility index (Phi) is 5.58. The van der Waals surface area contributed by atoms with Crippen molar-refractivity contribution in [1.82, 2.24) is 0 Å². The molecular weight excluding hydrogens is 322 g/mol. The van der Waals surface area contributed by atoms with Crippen LogP contribution in [0.4, 0.5) is 5.69 Å². The lowest BCUT2D eigenvalue weighted by Crippen LogP contribution is -2.25. The van der Waals surface area contributed by atoms with Crippen LogP contribution in [-0.4, -0.2) is 13.1 Å². The van der Waals surface area contributed by atoms with Crippen molar-refractivity contribution in [2.24, 2.45) is 11.8 Å². The minimum absolute atomic E-state index is 0.590. The number of anilines is 1. The number of rotatable bonds is 3. The van der Waals surface area contributed by atoms with Gasteiger partial charge in [0.25, 0.3) is 0 Å². The maximum atomic E-state index is 6.08.